The Morgan fingerprint density at radius 2 is 1.79 bits per heavy atom. The number of alkyl halides is 3. The summed E-state index contributed by atoms with van der Waals surface area (Å²) in [5, 5.41) is 0.991. The van der Waals surface area contributed by atoms with Gasteiger partial charge in [0.2, 0.25) is 5.91 Å². The van der Waals surface area contributed by atoms with Crippen LogP contribution >= 0.6 is 11.6 Å². The number of hydrazine groups is 1. The summed E-state index contributed by atoms with van der Waals surface area (Å²) in [5.74, 6) is 5.71. The lowest BCUT2D eigenvalue weighted by molar-refractivity contribution is -0.154. The number of allylic oxidation sites excluding steroid dienone is 2. The highest BCUT2D eigenvalue weighted by Crippen LogP contribution is 2.47. The smallest absolute Gasteiger partial charge is 0.434 e. The first kappa shape index (κ1) is 42.1. The van der Waals surface area contributed by atoms with Crippen molar-refractivity contribution in [1.82, 2.24) is 14.8 Å². The molecule has 0 aromatic heterocycles. The van der Waals surface area contributed by atoms with Gasteiger partial charge in [-0.2, -0.15) is 13.2 Å². The molecule has 2 aromatic carbocycles. The second-order valence-electron chi connectivity index (χ2n) is 14.7. The molecule has 4 N–H and O–H groups in total. The van der Waals surface area contributed by atoms with Crippen molar-refractivity contribution in [3.63, 3.8) is 0 Å². The average Bonchev–Trinajstić information content (AvgIpc) is 3.12. The molecule has 1 saturated carbocycles. The fraction of sp³-hybridized carbons (Fsp3) is 0.575. The van der Waals surface area contributed by atoms with E-state index in [0.29, 0.717) is 73.6 Å². The van der Waals surface area contributed by atoms with Gasteiger partial charge in [0.1, 0.15) is 24.0 Å². The van der Waals surface area contributed by atoms with Gasteiger partial charge in [-0.25, -0.2) is 5.84 Å². The van der Waals surface area contributed by atoms with Crippen LogP contribution in [0.15, 0.2) is 41.7 Å². The van der Waals surface area contributed by atoms with E-state index in [-0.39, 0.29) is 24.5 Å². The molecule has 0 radical (unpaired) electrons. The van der Waals surface area contributed by atoms with E-state index in [0.717, 1.165) is 60.6 Å². The predicted molar refractivity (Wildman–Crippen MR) is 201 cm³/mol. The zero-order valence-electron chi connectivity index (χ0n) is 31.7. The number of nitrogens with zero attached hydrogens (tertiary/aromatic N) is 3. The number of aldehydes is 1. The van der Waals surface area contributed by atoms with Gasteiger partial charge < -0.3 is 25.2 Å². The second-order valence-corrected chi connectivity index (χ2v) is 15.1. The van der Waals surface area contributed by atoms with Crippen LogP contribution in [-0.2, 0) is 40.1 Å². The summed E-state index contributed by atoms with van der Waals surface area (Å²) in [6, 6.07) is 9.44. The number of ether oxygens (including phenoxy) is 1. The van der Waals surface area contributed by atoms with Crippen LogP contribution in [0.4, 0.5) is 13.2 Å². The molecule has 2 aliphatic rings. The minimum absolute atomic E-state index is 0.0676. The summed E-state index contributed by atoms with van der Waals surface area (Å²) in [7, 11) is 4.60. The average molecular weight is 762 g/mol. The quantitative estimate of drug-likeness (QED) is 0.0807. The standard InChI is InChI=1S/C40H55ClF3N5O4/c1-6-26-25-29(53-5)16-12-27(26)15-19-34(51)39(2)21-8-7-11-31(39)38(52)49-23-20-30-32(41)17-13-28(35(30)37(49)47(3)22-9-10-24-50)14-18-33(45)36(48(4)46)40(42,43)44/h12-13,16-17,24-25,31,37H,6-11,14-15,18-23,45-46H2,1-5H3/b36-33-/t31?,37?,39-/m0/s1. The molecular weight excluding hydrogens is 707 g/mol. The third-order valence-electron chi connectivity index (χ3n) is 11.2. The summed E-state index contributed by atoms with van der Waals surface area (Å²) in [5.41, 5.74) is 8.15. The van der Waals surface area contributed by atoms with Crippen LogP contribution in [-0.4, -0.2) is 73.3 Å². The van der Waals surface area contributed by atoms with E-state index in [2.05, 4.69) is 6.92 Å². The Morgan fingerprint density at radius 1 is 1.09 bits per heavy atom. The number of halogens is 4. The van der Waals surface area contributed by atoms with E-state index < -0.39 is 35.1 Å². The van der Waals surface area contributed by atoms with Gasteiger partial charge in [0, 0.05) is 49.1 Å². The molecule has 1 aliphatic carbocycles. The zero-order valence-corrected chi connectivity index (χ0v) is 32.4. The number of nitrogens with two attached hydrogens (primary N) is 2. The normalized spacial score (nSPS) is 20.8. The molecule has 2 unspecified atom stereocenters. The maximum absolute atomic E-state index is 15.0. The van der Waals surface area contributed by atoms with Crippen molar-refractivity contribution >= 4 is 29.6 Å². The Bertz CT molecular complexity index is 1670. The number of Topliss-reactive ketones (excluding diaryl/α,β-unsaturated/α-hetero) is 1. The number of ketones is 1. The minimum atomic E-state index is -4.74. The van der Waals surface area contributed by atoms with E-state index in [1.54, 1.807) is 19.2 Å². The lowest BCUT2D eigenvalue weighted by atomic mass is 9.63. The highest BCUT2D eigenvalue weighted by Gasteiger charge is 2.49. The number of amides is 1. The van der Waals surface area contributed by atoms with Crippen LogP contribution in [0.1, 0.15) is 99.2 Å². The van der Waals surface area contributed by atoms with Gasteiger partial charge in [-0.15, -0.1) is 0 Å². The van der Waals surface area contributed by atoms with E-state index >= 15 is 0 Å². The number of fused-ring (bicyclic) bond motifs is 1. The van der Waals surface area contributed by atoms with Crippen LogP contribution in [0.25, 0.3) is 0 Å². The van der Waals surface area contributed by atoms with Gasteiger partial charge >= 0.3 is 6.18 Å². The van der Waals surface area contributed by atoms with Gasteiger partial charge in [-0.05, 0) is 104 Å². The number of hydrogen-bond acceptors (Lipinski definition) is 8. The maximum Gasteiger partial charge on any atom is 0.434 e. The van der Waals surface area contributed by atoms with Crippen molar-refractivity contribution in [2.24, 2.45) is 22.9 Å². The number of carbonyl (C=O) groups is 3. The Hall–Kier alpha value is -3.61. The third kappa shape index (κ3) is 9.56. The molecule has 2 aromatic rings. The van der Waals surface area contributed by atoms with E-state index in [1.807, 2.05) is 42.0 Å². The molecule has 0 spiro atoms. The minimum Gasteiger partial charge on any atom is -0.497 e. The van der Waals surface area contributed by atoms with Crippen molar-refractivity contribution in [3.8, 4) is 5.75 Å². The first-order chi connectivity index (χ1) is 25.1. The van der Waals surface area contributed by atoms with Crippen molar-refractivity contribution < 1.29 is 32.3 Å². The monoisotopic (exact) mass is 761 g/mol. The van der Waals surface area contributed by atoms with E-state index in [4.69, 9.17) is 27.9 Å². The topological polar surface area (TPSA) is 122 Å². The summed E-state index contributed by atoms with van der Waals surface area (Å²) in [6.45, 7) is 4.83. The van der Waals surface area contributed by atoms with Crippen molar-refractivity contribution in [2.75, 3.05) is 34.3 Å². The molecule has 1 heterocycles. The van der Waals surface area contributed by atoms with Crippen molar-refractivity contribution in [3.05, 3.63) is 74.6 Å². The molecule has 53 heavy (non-hydrogen) atoms. The van der Waals surface area contributed by atoms with Gasteiger partial charge in [0.05, 0.1) is 13.0 Å². The molecule has 0 saturated heterocycles. The Morgan fingerprint density at radius 3 is 2.43 bits per heavy atom. The molecule has 13 heteroatoms. The summed E-state index contributed by atoms with van der Waals surface area (Å²) in [4.78, 5) is 44.3. The molecule has 3 atom stereocenters. The van der Waals surface area contributed by atoms with Crippen LogP contribution in [0.3, 0.4) is 0 Å². The lowest BCUT2D eigenvalue weighted by Gasteiger charge is -2.48. The lowest BCUT2D eigenvalue weighted by Crippen LogP contribution is -2.54. The van der Waals surface area contributed by atoms with Gasteiger partial charge in [-0.1, -0.05) is 50.4 Å². The van der Waals surface area contributed by atoms with Gasteiger partial charge in [-0.3, -0.25) is 14.5 Å². The van der Waals surface area contributed by atoms with Crippen molar-refractivity contribution in [1.29, 1.82) is 0 Å². The van der Waals surface area contributed by atoms with E-state index in [1.165, 1.54) is 0 Å². The Balaban J connectivity index is 1.70. The van der Waals surface area contributed by atoms with E-state index in [9.17, 15) is 27.6 Å². The van der Waals surface area contributed by atoms with Crippen LogP contribution in [0, 0.1) is 11.3 Å². The largest absolute Gasteiger partial charge is 0.497 e. The fourth-order valence-electron chi connectivity index (χ4n) is 8.32. The maximum atomic E-state index is 15.0. The molecule has 1 fully saturated rings. The number of rotatable bonds is 16. The molecule has 0 bridgehead atoms. The van der Waals surface area contributed by atoms with Crippen LogP contribution < -0.4 is 16.3 Å². The summed E-state index contributed by atoms with van der Waals surface area (Å²) in [6.07, 6.45) is 1.34. The van der Waals surface area contributed by atoms with Crippen LogP contribution in [0.5, 0.6) is 5.75 Å². The molecular formula is C40H55ClF3N5O4. The second kappa shape index (κ2) is 18.1. The number of aryl methyl sites for hydroxylation is 3. The molecule has 4 rings (SSSR count). The first-order valence-corrected chi connectivity index (χ1v) is 18.9. The number of unbranched alkanes of at least 4 members (excludes halogenated alkanes) is 1. The highest BCUT2D eigenvalue weighted by molar-refractivity contribution is 6.31. The summed E-state index contributed by atoms with van der Waals surface area (Å²) >= 11 is 6.79. The van der Waals surface area contributed by atoms with Gasteiger partial charge in [0.15, 0.2) is 5.70 Å². The molecule has 1 aliphatic heterocycles. The van der Waals surface area contributed by atoms with Crippen LogP contribution in [0.2, 0.25) is 5.02 Å². The Labute approximate surface area is 316 Å². The van der Waals surface area contributed by atoms with Crippen molar-refractivity contribution in [2.45, 2.75) is 103 Å². The number of methoxy groups -OCH3 is 1. The zero-order chi connectivity index (χ0) is 39.1. The molecule has 292 valence electrons. The predicted octanol–water partition coefficient (Wildman–Crippen LogP) is 7.07. The number of carbonyl (C=O) groups excluding carboxylic acids is 3. The molecule has 1 amide bonds. The van der Waals surface area contributed by atoms with Gasteiger partial charge in [0.25, 0.3) is 0 Å². The third-order valence-corrected chi connectivity index (χ3v) is 11.6. The SMILES string of the molecule is CCc1cc(OC)ccc1CCC(=O)[C@@]1(C)CCCCC1C(=O)N1CCc2c(Cl)ccc(CC/C(N)=C(/N(C)N)C(F)(F)F)c2C1N(C)CCCC=O. The number of benzene rings is 2. The number of hydrogen-bond donors (Lipinski definition) is 2. The molecule has 9 nitrogen and oxygen atoms in total. The summed E-state index contributed by atoms with van der Waals surface area (Å²) < 4.78 is 46.9. The Kier molecular flexibility index (Phi) is 14.4. The highest BCUT2D eigenvalue weighted by atomic mass is 35.5. The first-order valence-electron chi connectivity index (χ1n) is 18.6. The fourth-order valence-corrected chi connectivity index (χ4v) is 8.58.